The van der Waals surface area contributed by atoms with E-state index in [2.05, 4.69) is 18.5 Å². The van der Waals surface area contributed by atoms with Crippen LogP contribution < -0.4 is 30.1 Å². The predicted octanol–water partition coefficient (Wildman–Crippen LogP) is 22.2. The van der Waals surface area contributed by atoms with Crippen molar-refractivity contribution in [2.45, 2.75) is 136 Å². The van der Waals surface area contributed by atoms with E-state index in [9.17, 15) is 48.0 Å². The normalized spacial score (nSPS) is 21.5. The molecule has 0 unspecified atom stereocenters. The van der Waals surface area contributed by atoms with Gasteiger partial charge in [0.2, 0.25) is 0 Å². The second-order valence-corrected chi connectivity index (χ2v) is 32.2. The number of aromatic nitrogens is 4. The number of rotatable bonds is 13. The van der Waals surface area contributed by atoms with Gasteiger partial charge in [0.15, 0.2) is 8.07 Å². The summed E-state index contributed by atoms with van der Waals surface area (Å²) in [7, 11) is -6.88. The van der Waals surface area contributed by atoms with Crippen molar-refractivity contribution in [2.75, 3.05) is 0 Å². The van der Waals surface area contributed by atoms with Crippen molar-refractivity contribution in [3.63, 3.8) is 0 Å². The van der Waals surface area contributed by atoms with Gasteiger partial charge in [-0.05, 0) is 169 Å². The van der Waals surface area contributed by atoms with E-state index >= 15 is 0 Å². The van der Waals surface area contributed by atoms with E-state index in [0.717, 1.165) is 28.0 Å². The van der Waals surface area contributed by atoms with Crippen LogP contribution in [0.15, 0.2) is 279 Å². The molecule has 3 aromatic heterocycles. The quantitative estimate of drug-likeness (QED) is 0.0499. The Labute approximate surface area is 707 Å². The zero-order valence-electron chi connectivity index (χ0n) is 104. The van der Waals surface area contributed by atoms with Crippen LogP contribution in [0.2, 0.25) is 0 Å². The molecule has 1 aliphatic rings. The zero-order chi connectivity index (χ0) is 113. The van der Waals surface area contributed by atoms with E-state index in [4.69, 9.17) is 24.8 Å². The molecule has 16 rings (SSSR count). The molecule has 0 fully saturated rings. The summed E-state index contributed by atoms with van der Waals surface area (Å²) in [6.07, 6.45) is -5.43. The van der Waals surface area contributed by atoms with E-state index < -0.39 is 316 Å². The minimum absolute atomic E-state index is 0. The van der Waals surface area contributed by atoms with Gasteiger partial charge in [-0.3, -0.25) is 4.57 Å². The van der Waals surface area contributed by atoms with Crippen LogP contribution in [0.25, 0.3) is 94.5 Å². The van der Waals surface area contributed by atoms with Crippen molar-refractivity contribution < 1.29 is 93.4 Å². The molecule has 3 heterocycles. The van der Waals surface area contributed by atoms with Crippen LogP contribution in [0.4, 0.5) is 0 Å². The predicted molar refractivity (Wildman–Crippen MR) is 441 cm³/mol. The first-order valence-electron chi connectivity index (χ1n) is 56.4. The van der Waals surface area contributed by atoms with Gasteiger partial charge in [-0.15, -0.1) is 29.7 Å². The summed E-state index contributed by atoms with van der Waals surface area (Å²) in [5, 5.41) is -4.17. The van der Waals surface area contributed by atoms with E-state index in [1.54, 1.807) is 47.0 Å². The Balaban J connectivity index is 0.0000172. The van der Waals surface area contributed by atoms with Gasteiger partial charge in [0.1, 0.15) is 5.82 Å². The fraction of sp³-hybridized carbons (Fsp3) is 0.212. The molecule has 530 valence electrons. The maximum absolute atomic E-state index is 11.5. The van der Waals surface area contributed by atoms with Crippen LogP contribution in [0.3, 0.4) is 0 Å². The average molecular weight is 1620 g/mol. The molecular formula is C99H92N4OPtSi-2. The number of fused-ring (bicyclic) bond motifs is 5. The number of hydrogen-bond acceptors (Lipinski definition) is 2. The molecule has 1 aliphatic carbocycles. The molecule has 106 heavy (non-hydrogen) atoms. The molecule has 0 atom stereocenters. The van der Waals surface area contributed by atoms with Gasteiger partial charge < -0.3 is 13.9 Å². The Bertz CT molecular complexity index is 8030. The second-order valence-electron chi connectivity index (χ2n) is 28.7. The summed E-state index contributed by atoms with van der Waals surface area (Å²) in [6, 6.07) is 0.329. The first-order valence-corrected chi connectivity index (χ1v) is 35.4. The Morgan fingerprint density at radius 1 is 0.491 bits per heavy atom. The molecule has 15 aromatic rings. The number of aryl methyl sites for hydroxylation is 1. The third kappa shape index (κ3) is 12.9. The van der Waals surface area contributed by atoms with Crippen LogP contribution in [-0.2, 0) is 48.1 Å². The molecule has 0 amide bonds. The topological polar surface area (TPSA) is 35.9 Å². The molecule has 0 bridgehead atoms. The van der Waals surface area contributed by atoms with Crippen molar-refractivity contribution in [2.24, 2.45) is 0 Å². The van der Waals surface area contributed by atoms with E-state index in [1.165, 1.54) is 67.8 Å². The summed E-state index contributed by atoms with van der Waals surface area (Å²) >= 11 is 0. The molecule has 12 aromatic carbocycles. The van der Waals surface area contributed by atoms with E-state index in [0.29, 0.717) is 27.4 Å². The third-order valence-electron chi connectivity index (χ3n) is 18.7. The average Bonchev–Trinajstić information content (AvgIpc) is 0.738. The largest absolute Gasteiger partial charge is 0.510 e. The van der Waals surface area contributed by atoms with Gasteiger partial charge in [-0.25, -0.2) is 4.98 Å². The van der Waals surface area contributed by atoms with Gasteiger partial charge in [-0.1, -0.05) is 319 Å². The minimum atomic E-state index is -6.88. The third-order valence-corrected chi connectivity index (χ3v) is 22.7. The number of imidazole rings is 1. The van der Waals surface area contributed by atoms with Crippen LogP contribution in [-0.4, -0.2) is 22.2 Å². The fourth-order valence-electron chi connectivity index (χ4n) is 13.2. The van der Waals surface area contributed by atoms with Crippen LogP contribution in [0.1, 0.15) is 199 Å². The summed E-state index contributed by atoms with van der Waals surface area (Å²) in [4.78, 5) is 4.70. The number of hydrogen-bond donors (Lipinski definition) is 0. The minimum Gasteiger partial charge on any atom is -0.510 e. The molecular weight excluding hydrogens is 1480 g/mol. The van der Waals surface area contributed by atoms with Crippen molar-refractivity contribution in [3.05, 3.63) is 330 Å². The Morgan fingerprint density at radius 3 is 1.69 bits per heavy atom. The molecule has 0 saturated carbocycles. The molecule has 0 saturated heterocycles. The Hall–Kier alpha value is -10.2. The summed E-state index contributed by atoms with van der Waals surface area (Å²) < 4.78 is 452. The molecule has 7 heteroatoms. The first kappa shape index (κ1) is 35.4. The van der Waals surface area contributed by atoms with Crippen molar-refractivity contribution in [3.8, 4) is 73.2 Å². The SMILES string of the molecule is [2H]c1c([2H])c([2H])c(-c2cnc(-n3c4[c-]c(Oc5[c-]c(-n6[c-][n+](-c7c(-c8c([2H])c([2H])c9c(c8[2H])C(C([2H])([2H])[2H])(C([2H])([2H])[2H])C([2H])([2H])C([2H])([2H])C9(C([2H])([2H])[2H])C([2H])([2H])[2H])cc(C(C)(C)C)cc7-c7c([2H])c([2H])c([2H])c([Si](c8c([2H])c([2H])c([2H])c([2H])c8[2H])(c8c([2H])c([2H])c([2H])c([2H])c8[2H])c8c([2H])c([2H])c([2H])c([2H])c8[2H])c7[2H])c7ccc(-c8cc(C(C)(C)C)cc(C(C)(C)C)c8)cc76)ccc5)ccc4c4ccccc43)cc2C([2H])([2H])[2H])c([2H])c1[2H].[Pt]. The monoisotopic (exact) mass is 1620 g/mol. The molecule has 5 nitrogen and oxygen atoms in total. The number of benzene rings is 12. The summed E-state index contributed by atoms with van der Waals surface area (Å²) in [5.74, 6) is -0.323. The summed E-state index contributed by atoms with van der Waals surface area (Å²) in [6.45, 7) is -5.23. The summed E-state index contributed by atoms with van der Waals surface area (Å²) in [5.41, 5.74) is -19.8. The molecule has 0 spiro atoms. The molecule has 0 aliphatic heterocycles. The van der Waals surface area contributed by atoms with Gasteiger partial charge >= 0.3 is 0 Å². The van der Waals surface area contributed by atoms with Gasteiger partial charge in [0.25, 0.3) is 6.33 Å². The Kier molecular flexibility index (Phi) is 9.12. The van der Waals surface area contributed by atoms with Crippen molar-refractivity contribution in [1.82, 2.24) is 14.1 Å². The van der Waals surface area contributed by atoms with Crippen molar-refractivity contribution in [1.29, 1.82) is 0 Å². The van der Waals surface area contributed by atoms with Crippen molar-refractivity contribution >= 4 is 61.7 Å². The maximum Gasteiger partial charge on any atom is 0.268 e. The van der Waals surface area contributed by atoms with E-state index in [1.807, 2.05) is 59.7 Å². The Morgan fingerprint density at radius 2 is 1.07 bits per heavy atom. The van der Waals surface area contributed by atoms with Gasteiger partial charge in [-0.2, -0.15) is 18.2 Å². The first-order chi connectivity index (χ1) is 69.3. The molecule has 0 radical (unpaired) electrons. The fourth-order valence-corrected chi connectivity index (χ4v) is 16.8. The molecule has 0 N–H and O–H groups in total. The van der Waals surface area contributed by atoms with Crippen LogP contribution in [0, 0.1) is 25.3 Å². The van der Waals surface area contributed by atoms with E-state index in [-0.39, 0.29) is 71.7 Å². The van der Waals surface area contributed by atoms with Crippen LogP contribution >= 0.6 is 0 Å². The maximum atomic E-state index is 11.5. The van der Waals surface area contributed by atoms with Gasteiger partial charge in [0.05, 0.1) is 53.7 Å². The standard InChI is InChI=1S/C99H92N4OSi.Pt/c1-66-53-93(100-64-86(66)67-31-19-15-20-32-67)103-89-44-28-27-43-82(89)83-48-47-77(63-91(83)103)104-76-35-30-34-75(62-76)101-65-102(90-50-46-68(58-92(90)101)71-54-72(95(2,3)4)59-73(55-71)96(5,6)7)94-84(60-74(97(8,9)10)61-85(94)70-45-49-87-88(57-70)99(13,14)52-51-98(87,11)12)69-33-29-42-81(56-69)105(78-36-21-16-22-37-78,79-38-23-17-24-39-79)80-40-25-18-26-41-80;/h15-50,53-61,64H,51-52H2,1-14H3;/q-2;/i1D3,11D3,12D3,13D3,14D3,15D,16D,17D,18D,19D,20D,21D,22D,23D,24D,25D,26D,29D,31D,32D,33D,36D,37D,38D,39D,40D,41D,42D,45D,49D,51D2,52D2,56D,57D;. The zero-order valence-corrected chi connectivity index (χ0v) is 61.8. The van der Waals surface area contributed by atoms with Gasteiger partial charge in [0, 0.05) is 75.9 Å². The number of ether oxygens (including phenoxy) is 1. The van der Waals surface area contributed by atoms with Crippen LogP contribution in [0.5, 0.6) is 11.5 Å². The number of nitrogens with zero attached hydrogens (tertiary/aromatic N) is 4. The number of pyridine rings is 1. The second kappa shape index (κ2) is 27.3. The smallest absolute Gasteiger partial charge is 0.268 e. The number of para-hydroxylation sites is 1.